The van der Waals surface area contributed by atoms with Gasteiger partial charge in [-0.1, -0.05) is 46.7 Å². The van der Waals surface area contributed by atoms with Gasteiger partial charge < -0.3 is 9.51 Å². The Labute approximate surface area is 158 Å². The summed E-state index contributed by atoms with van der Waals surface area (Å²) < 4.78 is 5.31. The monoisotopic (exact) mass is 377 g/mol. The molecule has 0 radical (unpaired) electrons. The molecule has 1 N–H and O–H groups in total. The molecule has 0 amide bonds. The van der Waals surface area contributed by atoms with Crippen LogP contribution >= 0.6 is 11.8 Å². The Morgan fingerprint density at radius 1 is 1.04 bits per heavy atom. The highest BCUT2D eigenvalue weighted by atomic mass is 32.2. The van der Waals surface area contributed by atoms with E-state index < -0.39 is 0 Å². The van der Waals surface area contributed by atoms with Crippen molar-refractivity contribution in [2.75, 3.05) is 0 Å². The van der Waals surface area contributed by atoms with Crippen LogP contribution in [-0.2, 0) is 5.75 Å². The maximum Gasteiger partial charge on any atom is 0.252 e. The molecule has 4 aromatic rings. The van der Waals surface area contributed by atoms with E-state index in [4.69, 9.17) is 4.52 Å². The van der Waals surface area contributed by atoms with E-state index in [9.17, 15) is 4.79 Å². The third-order valence-electron chi connectivity index (χ3n) is 3.81. The van der Waals surface area contributed by atoms with Gasteiger partial charge in [-0.3, -0.25) is 9.78 Å². The second-order valence-electron chi connectivity index (χ2n) is 5.84. The van der Waals surface area contributed by atoms with E-state index in [1.807, 2.05) is 43.3 Å². The summed E-state index contributed by atoms with van der Waals surface area (Å²) in [6, 6.07) is 13.0. The summed E-state index contributed by atoms with van der Waals surface area (Å²) in [6.07, 6.45) is 3.33. The maximum absolute atomic E-state index is 11.9. The molecule has 0 saturated heterocycles. The summed E-state index contributed by atoms with van der Waals surface area (Å²) in [5.74, 6) is 1.41. The number of thioether (sulfide) groups is 1. The van der Waals surface area contributed by atoms with Gasteiger partial charge >= 0.3 is 0 Å². The zero-order valence-electron chi connectivity index (χ0n) is 14.4. The third-order valence-corrected chi connectivity index (χ3v) is 4.66. The minimum atomic E-state index is -0.217. The molecular weight excluding hydrogens is 362 g/mol. The first-order chi connectivity index (χ1) is 13.2. The number of aromatic amines is 1. The van der Waals surface area contributed by atoms with Crippen LogP contribution in [0.4, 0.5) is 0 Å². The molecule has 0 aliphatic heterocycles. The van der Waals surface area contributed by atoms with Crippen molar-refractivity contribution in [2.45, 2.75) is 17.8 Å². The van der Waals surface area contributed by atoms with E-state index in [-0.39, 0.29) is 5.56 Å². The fourth-order valence-corrected chi connectivity index (χ4v) is 3.15. The van der Waals surface area contributed by atoms with Crippen LogP contribution in [0.1, 0.15) is 11.5 Å². The number of hydrogen-bond donors (Lipinski definition) is 1. The number of rotatable bonds is 5. The summed E-state index contributed by atoms with van der Waals surface area (Å²) >= 11 is 1.33. The molecule has 3 heterocycles. The van der Waals surface area contributed by atoms with Crippen molar-refractivity contribution >= 4 is 11.8 Å². The number of pyridine rings is 1. The minimum absolute atomic E-state index is 0.217. The lowest BCUT2D eigenvalue weighted by atomic mass is 10.1. The standard InChI is InChI=1S/C19H15N5O2S/c1-12-2-4-14(5-3-12)18-23-17(26-24-18)11-27-19-21-15(10-16(25)22-19)13-6-8-20-9-7-13/h2-10H,11H2,1H3,(H,21,22,25). The second-order valence-corrected chi connectivity index (χ2v) is 6.80. The molecule has 27 heavy (non-hydrogen) atoms. The molecule has 0 aliphatic rings. The highest BCUT2D eigenvalue weighted by Gasteiger charge is 2.11. The van der Waals surface area contributed by atoms with Crippen molar-refractivity contribution in [1.82, 2.24) is 25.1 Å². The molecule has 0 aliphatic carbocycles. The van der Waals surface area contributed by atoms with Crippen molar-refractivity contribution in [3.05, 3.63) is 76.7 Å². The van der Waals surface area contributed by atoms with Crippen molar-refractivity contribution in [2.24, 2.45) is 0 Å². The zero-order valence-corrected chi connectivity index (χ0v) is 15.2. The average molecular weight is 377 g/mol. The SMILES string of the molecule is Cc1ccc(-c2noc(CSc3nc(-c4ccncc4)cc(=O)[nH]3)n2)cc1. The third kappa shape index (κ3) is 4.12. The topological polar surface area (TPSA) is 97.6 Å². The summed E-state index contributed by atoms with van der Waals surface area (Å²) in [5, 5.41) is 4.50. The smallest absolute Gasteiger partial charge is 0.252 e. The fourth-order valence-electron chi connectivity index (χ4n) is 2.44. The van der Waals surface area contributed by atoms with Gasteiger partial charge in [-0.2, -0.15) is 4.98 Å². The Kier molecular flexibility index (Phi) is 4.80. The first-order valence-corrected chi connectivity index (χ1v) is 9.20. The van der Waals surface area contributed by atoms with Crippen molar-refractivity contribution in [3.63, 3.8) is 0 Å². The predicted molar refractivity (Wildman–Crippen MR) is 102 cm³/mol. The molecule has 134 valence electrons. The predicted octanol–water partition coefficient (Wildman–Crippen LogP) is 3.48. The van der Waals surface area contributed by atoms with Crippen LogP contribution in [0.25, 0.3) is 22.6 Å². The Morgan fingerprint density at radius 2 is 1.81 bits per heavy atom. The van der Waals surface area contributed by atoms with Crippen LogP contribution in [0.3, 0.4) is 0 Å². The largest absolute Gasteiger partial charge is 0.338 e. The van der Waals surface area contributed by atoms with E-state index in [0.29, 0.717) is 28.3 Å². The Bertz CT molecular complexity index is 1110. The van der Waals surface area contributed by atoms with Crippen LogP contribution in [-0.4, -0.2) is 25.1 Å². The van der Waals surface area contributed by atoms with Crippen molar-refractivity contribution in [1.29, 1.82) is 0 Å². The summed E-state index contributed by atoms with van der Waals surface area (Å²) in [7, 11) is 0. The number of nitrogens with one attached hydrogen (secondary N) is 1. The van der Waals surface area contributed by atoms with Gasteiger partial charge in [0.05, 0.1) is 11.4 Å². The van der Waals surface area contributed by atoms with Gasteiger partial charge in [0, 0.05) is 29.6 Å². The molecule has 0 spiro atoms. The zero-order chi connectivity index (χ0) is 18.6. The lowest BCUT2D eigenvalue weighted by molar-refractivity contribution is 0.391. The molecule has 3 aromatic heterocycles. The van der Waals surface area contributed by atoms with Gasteiger partial charge in [-0.25, -0.2) is 4.98 Å². The second kappa shape index (κ2) is 7.55. The molecule has 4 rings (SSSR count). The molecule has 0 unspecified atom stereocenters. The Balaban J connectivity index is 1.50. The number of hydrogen-bond acceptors (Lipinski definition) is 7. The first-order valence-electron chi connectivity index (χ1n) is 8.21. The molecular formula is C19H15N5O2S. The summed E-state index contributed by atoms with van der Waals surface area (Å²) in [6.45, 7) is 2.02. The average Bonchev–Trinajstić information content (AvgIpc) is 3.16. The molecule has 0 fully saturated rings. The summed E-state index contributed by atoms with van der Waals surface area (Å²) in [5.41, 5.74) is 3.27. The van der Waals surface area contributed by atoms with E-state index in [1.165, 1.54) is 23.4 Å². The molecule has 8 heteroatoms. The molecule has 1 aromatic carbocycles. The first kappa shape index (κ1) is 17.2. The number of H-pyrrole nitrogens is 1. The van der Waals surface area contributed by atoms with Gasteiger partial charge in [-0.05, 0) is 19.1 Å². The van der Waals surface area contributed by atoms with E-state index in [1.54, 1.807) is 12.4 Å². The number of aryl methyl sites for hydroxylation is 1. The molecule has 0 saturated carbocycles. The van der Waals surface area contributed by atoms with E-state index in [0.717, 1.165) is 11.1 Å². The molecule has 0 atom stereocenters. The lowest BCUT2D eigenvalue weighted by Gasteiger charge is -2.02. The number of benzene rings is 1. The number of aromatic nitrogens is 5. The maximum atomic E-state index is 11.9. The Hall–Kier alpha value is -3.26. The van der Waals surface area contributed by atoms with Gasteiger partial charge in [-0.15, -0.1) is 0 Å². The fraction of sp³-hybridized carbons (Fsp3) is 0.105. The van der Waals surface area contributed by atoms with Crippen molar-refractivity contribution < 1.29 is 4.52 Å². The lowest BCUT2D eigenvalue weighted by Crippen LogP contribution is -2.08. The van der Waals surface area contributed by atoms with Gasteiger partial charge in [0.1, 0.15) is 0 Å². The van der Waals surface area contributed by atoms with Crippen LogP contribution in [0.2, 0.25) is 0 Å². The number of nitrogens with zero attached hydrogens (tertiary/aromatic N) is 4. The quantitative estimate of drug-likeness (QED) is 0.420. The normalized spacial score (nSPS) is 10.9. The minimum Gasteiger partial charge on any atom is -0.338 e. The van der Waals surface area contributed by atoms with E-state index in [2.05, 4.69) is 25.1 Å². The highest BCUT2D eigenvalue weighted by molar-refractivity contribution is 7.98. The van der Waals surface area contributed by atoms with E-state index >= 15 is 0 Å². The van der Waals surface area contributed by atoms with Gasteiger partial charge in [0.2, 0.25) is 11.7 Å². The van der Waals surface area contributed by atoms with Crippen LogP contribution < -0.4 is 5.56 Å². The van der Waals surface area contributed by atoms with Crippen LogP contribution in [0.15, 0.2) is 69.3 Å². The van der Waals surface area contributed by atoms with Crippen molar-refractivity contribution in [3.8, 4) is 22.6 Å². The Morgan fingerprint density at radius 3 is 2.59 bits per heavy atom. The summed E-state index contributed by atoms with van der Waals surface area (Å²) in [4.78, 5) is 27.5. The van der Waals surface area contributed by atoms with Gasteiger partial charge in [0.15, 0.2) is 5.16 Å². The molecule has 0 bridgehead atoms. The highest BCUT2D eigenvalue weighted by Crippen LogP contribution is 2.22. The van der Waals surface area contributed by atoms with Crippen LogP contribution in [0.5, 0.6) is 0 Å². The van der Waals surface area contributed by atoms with Gasteiger partial charge in [0.25, 0.3) is 5.56 Å². The molecule has 7 nitrogen and oxygen atoms in total. The van der Waals surface area contributed by atoms with Crippen LogP contribution in [0, 0.1) is 6.92 Å².